The lowest BCUT2D eigenvalue weighted by Crippen LogP contribution is -2.35. The zero-order valence-corrected chi connectivity index (χ0v) is 13.9. The van der Waals surface area contributed by atoms with Gasteiger partial charge in [0.2, 0.25) is 5.91 Å². The van der Waals surface area contributed by atoms with Gasteiger partial charge in [-0.05, 0) is 42.3 Å². The highest BCUT2D eigenvalue weighted by atomic mass is 19.1. The summed E-state index contributed by atoms with van der Waals surface area (Å²) >= 11 is 0. The minimum Gasteiger partial charge on any atom is -0.442 e. The summed E-state index contributed by atoms with van der Waals surface area (Å²) in [7, 11) is 0. The predicted octanol–water partition coefficient (Wildman–Crippen LogP) is 2.82. The van der Waals surface area contributed by atoms with Crippen LogP contribution in [0.5, 0.6) is 0 Å². The summed E-state index contributed by atoms with van der Waals surface area (Å²) in [6.45, 7) is 2.59. The Bertz CT molecular complexity index is 776. The molecule has 2 amide bonds. The summed E-state index contributed by atoms with van der Waals surface area (Å²) < 4.78 is 18.2. The van der Waals surface area contributed by atoms with E-state index < -0.39 is 12.2 Å². The Hall–Kier alpha value is -2.89. The topological polar surface area (TPSA) is 58.6 Å². The average molecular weight is 342 g/mol. The van der Waals surface area contributed by atoms with E-state index in [1.165, 1.54) is 12.1 Å². The second-order valence-electron chi connectivity index (χ2n) is 6.06. The first-order chi connectivity index (χ1) is 12.0. The molecule has 1 N–H and O–H groups in total. The van der Waals surface area contributed by atoms with Crippen LogP contribution in [0.3, 0.4) is 0 Å². The molecule has 0 radical (unpaired) electrons. The van der Waals surface area contributed by atoms with Crippen LogP contribution < -0.4 is 10.2 Å². The van der Waals surface area contributed by atoms with Gasteiger partial charge < -0.3 is 10.1 Å². The third-order valence-electron chi connectivity index (χ3n) is 3.99. The second-order valence-corrected chi connectivity index (χ2v) is 6.06. The number of cyclic esters (lactones) is 1. The molecule has 1 heterocycles. The maximum atomic E-state index is 12.9. The van der Waals surface area contributed by atoms with Gasteiger partial charge in [-0.15, -0.1) is 0 Å². The van der Waals surface area contributed by atoms with Crippen LogP contribution in [0.1, 0.15) is 11.1 Å². The van der Waals surface area contributed by atoms with Gasteiger partial charge in [0, 0.05) is 5.69 Å². The maximum absolute atomic E-state index is 12.9. The van der Waals surface area contributed by atoms with Gasteiger partial charge in [-0.3, -0.25) is 9.69 Å². The molecule has 0 spiro atoms. The number of benzene rings is 2. The lowest BCUT2D eigenvalue weighted by Gasteiger charge is -2.13. The smallest absolute Gasteiger partial charge is 0.414 e. The van der Waals surface area contributed by atoms with Crippen molar-refractivity contribution in [2.75, 3.05) is 18.0 Å². The molecule has 0 aliphatic carbocycles. The number of aryl methyl sites for hydroxylation is 1. The SMILES string of the molecule is Cc1cccc(N2CC(CNC(=O)Cc3ccc(F)cc3)OC2=O)c1. The van der Waals surface area contributed by atoms with Crippen molar-refractivity contribution >= 4 is 17.7 Å². The van der Waals surface area contributed by atoms with Crippen LogP contribution in [0.25, 0.3) is 0 Å². The van der Waals surface area contributed by atoms with Crippen LogP contribution in [0, 0.1) is 12.7 Å². The Morgan fingerprint density at radius 2 is 2.04 bits per heavy atom. The Kier molecular flexibility index (Phi) is 4.97. The number of ether oxygens (including phenoxy) is 1. The molecule has 1 fully saturated rings. The molecule has 3 rings (SSSR count). The first-order valence-corrected chi connectivity index (χ1v) is 8.07. The zero-order valence-electron chi connectivity index (χ0n) is 13.9. The summed E-state index contributed by atoms with van der Waals surface area (Å²) in [6.07, 6.45) is -0.656. The fourth-order valence-electron chi connectivity index (χ4n) is 2.71. The normalized spacial score (nSPS) is 16.6. The Balaban J connectivity index is 1.51. The van der Waals surface area contributed by atoms with Crippen molar-refractivity contribution in [3.63, 3.8) is 0 Å². The Morgan fingerprint density at radius 1 is 1.28 bits per heavy atom. The first kappa shape index (κ1) is 17.0. The van der Waals surface area contributed by atoms with E-state index in [9.17, 15) is 14.0 Å². The number of hydrogen-bond acceptors (Lipinski definition) is 3. The van der Waals surface area contributed by atoms with Crippen LogP contribution in [-0.4, -0.2) is 31.2 Å². The molecule has 0 saturated carbocycles. The fraction of sp³-hybridized carbons (Fsp3) is 0.263. The quantitative estimate of drug-likeness (QED) is 0.909. The molecule has 0 bridgehead atoms. The van der Waals surface area contributed by atoms with E-state index in [2.05, 4.69) is 5.32 Å². The Labute approximate surface area is 145 Å². The lowest BCUT2D eigenvalue weighted by atomic mass is 10.1. The van der Waals surface area contributed by atoms with E-state index in [0.29, 0.717) is 6.54 Å². The minimum atomic E-state index is -0.414. The van der Waals surface area contributed by atoms with E-state index in [0.717, 1.165) is 16.8 Å². The molecule has 0 aromatic heterocycles. The second kappa shape index (κ2) is 7.34. The molecule has 2 aromatic carbocycles. The number of amides is 2. The zero-order chi connectivity index (χ0) is 17.8. The van der Waals surface area contributed by atoms with Crippen molar-refractivity contribution in [1.82, 2.24) is 5.32 Å². The molecule has 130 valence electrons. The predicted molar refractivity (Wildman–Crippen MR) is 91.9 cm³/mol. The van der Waals surface area contributed by atoms with Crippen LogP contribution in [0.2, 0.25) is 0 Å². The van der Waals surface area contributed by atoms with Gasteiger partial charge >= 0.3 is 6.09 Å². The van der Waals surface area contributed by atoms with Gasteiger partial charge in [-0.25, -0.2) is 9.18 Å². The first-order valence-electron chi connectivity index (χ1n) is 8.07. The summed E-state index contributed by atoms with van der Waals surface area (Å²) in [6, 6.07) is 13.4. The molecule has 5 nitrogen and oxygen atoms in total. The number of carbonyl (C=O) groups is 2. The molecule has 1 atom stereocenters. The molecular formula is C19H19FN2O3. The van der Waals surface area contributed by atoms with Gasteiger partial charge in [0.1, 0.15) is 11.9 Å². The number of anilines is 1. The van der Waals surface area contributed by atoms with Gasteiger partial charge in [-0.2, -0.15) is 0 Å². The molecule has 1 aliphatic rings. The average Bonchev–Trinajstić information content (AvgIpc) is 2.96. The number of nitrogens with one attached hydrogen (secondary N) is 1. The number of halogens is 1. The molecule has 25 heavy (non-hydrogen) atoms. The molecule has 2 aromatic rings. The third-order valence-corrected chi connectivity index (χ3v) is 3.99. The van der Waals surface area contributed by atoms with E-state index in [-0.39, 0.29) is 24.7 Å². The van der Waals surface area contributed by atoms with Crippen LogP contribution in [-0.2, 0) is 16.0 Å². The van der Waals surface area contributed by atoms with Crippen LogP contribution in [0.15, 0.2) is 48.5 Å². The summed E-state index contributed by atoms with van der Waals surface area (Å²) in [5.41, 5.74) is 2.56. The van der Waals surface area contributed by atoms with Crippen molar-refractivity contribution in [3.05, 3.63) is 65.5 Å². The lowest BCUT2D eigenvalue weighted by molar-refractivity contribution is -0.120. The van der Waals surface area contributed by atoms with Crippen molar-refractivity contribution in [2.24, 2.45) is 0 Å². The highest BCUT2D eigenvalue weighted by Crippen LogP contribution is 2.22. The van der Waals surface area contributed by atoms with Crippen molar-refractivity contribution < 1.29 is 18.7 Å². The number of hydrogen-bond donors (Lipinski definition) is 1. The highest BCUT2D eigenvalue weighted by molar-refractivity contribution is 5.90. The molecule has 6 heteroatoms. The van der Waals surface area contributed by atoms with Crippen LogP contribution in [0.4, 0.5) is 14.9 Å². The summed E-state index contributed by atoms with van der Waals surface area (Å²) in [5, 5.41) is 2.76. The molecule has 1 saturated heterocycles. The highest BCUT2D eigenvalue weighted by Gasteiger charge is 2.32. The number of rotatable bonds is 5. The summed E-state index contributed by atoms with van der Waals surface area (Å²) in [5.74, 6) is -0.532. The van der Waals surface area contributed by atoms with Gasteiger partial charge in [-0.1, -0.05) is 24.3 Å². The maximum Gasteiger partial charge on any atom is 0.414 e. The van der Waals surface area contributed by atoms with E-state index >= 15 is 0 Å². The van der Waals surface area contributed by atoms with E-state index in [1.807, 2.05) is 31.2 Å². The van der Waals surface area contributed by atoms with E-state index in [1.54, 1.807) is 17.0 Å². The number of nitrogens with zero attached hydrogens (tertiary/aromatic N) is 1. The Morgan fingerprint density at radius 3 is 2.76 bits per heavy atom. The van der Waals surface area contributed by atoms with Gasteiger partial charge in [0.15, 0.2) is 0 Å². The molecule has 1 aliphatic heterocycles. The van der Waals surface area contributed by atoms with E-state index in [4.69, 9.17) is 4.74 Å². The van der Waals surface area contributed by atoms with Crippen LogP contribution >= 0.6 is 0 Å². The molecule has 1 unspecified atom stereocenters. The fourth-order valence-corrected chi connectivity index (χ4v) is 2.71. The largest absolute Gasteiger partial charge is 0.442 e. The third kappa shape index (κ3) is 4.35. The monoisotopic (exact) mass is 342 g/mol. The number of carbonyl (C=O) groups excluding carboxylic acids is 2. The van der Waals surface area contributed by atoms with Crippen molar-refractivity contribution in [1.29, 1.82) is 0 Å². The standard InChI is InChI=1S/C19H19FN2O3/c1-13-3-2-4-16(9-13)22-12-17(25-19(22)24)11-21-18(23)10-14-5-7-15(20)8-6-14/h2-9,17H,10-12H2,1H3,(H,21,23). The minimum absolute atomic E-state index is 0.155. The van der Waals surface area contributed by atoms with Crippen molar-refractivity contribution in [2.45, 2.75) is 19.4 Å². The van der Waals surface area contributed by atoms with Gasteiger partial charge in [0.05, 0.1) is 19.5 Å². The molecular weight excluding hydrogens is 323 g/mol. The summed E-state index contributed by atoms with van der Waals surface area (Å²) in [4.78, 5) is 25.6. The van der Waals surface area contributed by atoms with Gasteiger partial charge in [0.25, 0.3) is 0 Å². The van der Waals surface area contributed by atoms with Crippen molar-refractivity contribution in [3.8, 4) is 0 Å².